The van der Waals surface area contributed by atoms with Crippen LogP contribution in [0, 0.1) is 0 Å². The molecule has 8 heteroatoms. The van der Waals surface area contributed by atoms with E-state index in [4.69, 9.17) is 23.2 Å². The Morgan fingerprint density at radius 3 is 2.42 bits per heavy atom. The van der Waals surface area contributed by atoms with Crippen LogP contribution in [0.1, 0.15) is 11.1 Å². The van der Waals surface area contributed by atoms with Crippen LogP contribution in [0.4, 0.5) is 5.13 Å². The summed E-state index contributed by atoms with van der Waals surface area (Å²) in [6, 6.07) is 23.6. The van der Waals surface area contributed by atoms with Crippen molar-refractivity contribution in [1.82, 2.24) is 10.2 Å². The number of carbonyl (C=O) groups excluding carboxylic acids is 1. The highest BCUT2D eigenvalue weighted by Crippen LogP contribution is 2.31. The molecule has 0 aliphatic heterocycles. The number of hydrogen-bond acceptors (Lipinski definition) is 5. The minimum Gasteiger partial charge on any atom is -0.300 e. The fourth-order valence-electron chi connectivity index (χ4n) is 2.89. The molecule has 0 aliphatic carbocycles. The molecular weight excluding hydrogens is 469 g/mol. The maximum atomic E-state index is 12.4. The highest BCUT2D eigenvalue weighted by atomic mass is 35.5. The lowest BCUT2D eigenvalue weighted by atomic mass is 10.0. The first-order chi connectivity index (χ1) is 15.1. The van der Waals surface area contributed by atoms with Crippen molar-refractivity contribution in [3.05, 3.63) is 94.0 Å². The molecule has 0 atom stereocenters. The van der Waals surface area contributed by atoms with Gasteiger partial charge in [-0.3, -0.25) is 4.79 Å². The van der Waals surface area contributed by atoms with Crippen LogP contribution in [0.15, 0.2) is 77.1 Å². The van der Waals surface area contributed by atoms with E-state index < -0.39 is 0 Å². The number of nitrogens with one attached hydrogen (secondary N) is 1. The van der Waals surface area contributed by atoms with E-state index in [1.807, 2.05) is 54.6 Å². The summed E-state index contributed by atoms with van der Waals surface area (Å²) < 4.78 is 0.758. The van der Waals surface area contributed by atoms with Crippen molar-refractivity contribution in [1.29, 1.82) is 0 Å². The molecule has 0 saturated heterocycles. The van der Waals surface area contributed by atoms with Crippen molar-refractivity contribution >= 4 is 57.3 Å². The van der Waals surface area contributed by atoms with Crippen molar-refractivity contribution in [3.8, 4) is 11.1 Å². The molecule has 1 heterocycles. The van der Waals surface area contributed by atoms with E-state index in [-0.39, 0.29) is 12.3 Å². The summed E-state index contributed by atoms with van der Waals surface area (Å²) in [5, 5.41) is 12.7. The lowest BCUT2D eigenvalue weighted by Gasteiger charge is -2.05. The minimum absolute atomic E-state index is 0.124. The van der Waals surface area contributed by atoms with Gasteiger partial charge in [0.25, 0.3) is 0 Å². The lowest BCUT2D eigenvalue weighted by Crippen LogP contribution is -2.14. The highest BCUT2D eigenvalue weighted by molar-refractivity contribution is 8.00. The molecule has 156 valence electrons. The first-order valence-corrected chi connectivity index (χ1v) is 12.0. The second-order valence-electron chi connectivity index (χ2n) is 6.69. The Kier molecular flexibility index (Phi) is 7.25. The van der Waals surface area contributed by atoms with Gasteiger partial charge in [-0.05, 0) is 34.4 Å². The molecule has 0 saturated carbocycles. The van der Waals surface area contributed by atoms with Gasteiger partial charge >= 0.3 is 0 Å². The standard InChI is InChI=1S/C23H17Cl2N3OS2/c24-19-11-10-18(20(25)13-19)14-30-23-28-27-22(31-23)26-21(29)12-15-6-8-17(9-7-15)16-4-2-1-3-5-16/h1-11,13H,12,14H2,(H,26,27,29). The molecule has 0 fully saturated rings. The van der Waals surface area contributed by atoms with Crippen molar-refractivity contribution in [2.45, 2.75) is 16.5 Å². The number of aromatic nitrogens is 2. The van der Waals surface area contributed by atoms with E-state index in [1.165, 1.54) is 23.1 Å². The van der Waals surface area contributed by atoms with Crippen LogP contribution in [0.3, 0.4) is 0 Å². The van der Waals surface area contributed by atoms with Crippen LogP contribution in [0.25, 0.3) is 11.1 Å². The molecule has 1 aromatic heterocycles. The maximum Gasteiger partial charge on any atom is 0.230 e. The Morgan fingerprint density at radius 2 is 1.68 bits per heavy atom. The molecule has 1 amide bonds. The quantitative estimate of drug-likeness (QED) is 0.226. The molecule has 31 heavy (non-hydrogen) atoms. The van der Waals surface area contributed by atoms with Gasteiger partial charge in [0, 0.05) is 15.8 Å². The third kappa shape index (κ3) is 6.08. The fourth-order valence-corrected chi connectivity index (χ4v) is 5.22. The van der Waals surface area contributed by atoms with Gasteiger partial charge < -0.3 is 5.32 Å². The Hall–Kier alpha value is -2.38. The number of benzene rings is 3. The molecule has 0 spiro atoms. The molecular formula is C23H17Cl2N3OS2. The molecule has 0 radical (unpaired) electrons. The number of anilines is 1. The van der Waals surface area contributed by atoms with Crippen LogP contribution in [0.5, 0.6) is 0 Å². The van der Waals surface area contributed by atoms with E-state index in [0.717, 1.165) is 26.6 Å². The number of thioether (sulfide) groups is 1. The minimum atomic E-state index is -0.124. The van der Waals surface area contributed by atoms with Crippen LogP contribution < -0.4 is 5.32 Å². The van der Waals surface area contributed by atoms with Crippen molar-refractivity contribution in [2.75, 3.05) is 5.32 Å². The summed E-state index contributed by atoms with van der Waals surface area (Å²) in [4.78, 5) is 12.4. The average molecular weight is 486 g/mol. The third-order valence-corrected chi connectivity index (χ3v) is 7.05. The van der Waals surface area contributed by atoms with E-state index in [2.05, 4.69) is 27.6 Å². The van der Waals surface area contributed by atoms with Crippen LogP contribution in [-0.4, -0.2) is 16.1 Å². The Balaban J connectivity index is 1.30. The second-order valence-corrected chi connectivity index (χ2v) is 9.73. The molecule has 4 rings (SSSR count). The lowest BCUT2D eigenvalue weighted by molar-refractivity contribution is -0.115. The molecule has 0 bridgehead atoms. The average Bonchev–Trinajstić information content (AvgIpc) is 3.21. The molecule has 0 aliphatic rings. The van der Waals surface area contributed by atoms with Gasteiger partial charge in [0.15, 0.2) is 4.34 Å². The zero-order chi connectivity index (χ0) is 21.6. The first-order valence-electron chi connectivity index (χ1n) is 9.41. The Bertz CT molecular complexity index is 1180. The summed E-state index contributed by atoms with van der Waals surface area (Å²) in [5.41, 5.74) is 4.18. The van der Waals surface area contributed by atoms with Gasteiger partial charge in [0.2, 0.25) is 11.0 Å². The van der Waals surface area contributed by atoms with Crippen molar-refractivity contribution < 1.29 is 4.79 Å². The monoisotopic (exact) mass is 485 g/mol. The second kappa shape index (κ2) is 10.3. The van der Waals surface area contributed by atoms with Gasteiger partial charge in [0.05, 0.1) is 6.42 Å². The van der Waals surface area contributed by atoms with Gasteiger partial charge in [-0.25, -0.2) is 0 Å². The fraction of sp³-hybridized carbons (Fsp3) is 0.0870. The SMILES string of the molecule is O=C(Cc1ccc(-c2ccccc2)cc1)Nc1nnc(SCc2ccc(Cl)cc2Cl)s1. The number of halogens is 2. The summed E-state index contributed by atoms with van der Waals surface area (Å²) in [5.74, 6) is 0.521. The Morgan fingerprint density at radius 1 is 0.935 bits per heavy atom. The molecule has 1 N–H and O–H groups in total. The molecule has 3 aromatic carbocycles. The van der Waals surface area contributed by atoms with Gasteiger partial charge in [-0.1, -0.05) is 107 Å². The normalized spacial score (nSPS) is 10.8. The first kappa shape index (κ1) is 21.8. The summed E-state index contributed by atoms with van der Waals surface area (Å²) >= 11 is 15.0. The molecule has 4 nitrogen and oxygen atoms in total. The number of carbonyl (C=O) groups is 1. The van der Waals surface area contributed by atoms with Gasteiger partial charge in [-0.2, -0.15) is 0 Å². The van der Waals surface area contributed by atoms with E-state index in [0.29, 0.717) is 20.9 Å². The van der Waals surface area contributed by atoms with Crippen molar-refractivity contribution in [3.63, 3.8) is 0 Å². The zero-order valence-electron chi connectivity index (χ0n) is 16.2. The molecule has 4 aromatic rings. The topological polar surface area (TPSA) is 54.9 Å². The smallest absolute Gasteiger partial charge is 0.230 e. The number of hydrogen-bond donors (Lipinski definition) is 1. The van der Waals surface area contributed by atoms with E-state index in [9.17, 15) is 4.79 Å². The highest BCUT2D eigenvalue weighted by Gasteiger charge is 2.11. The predicted octanol–water partition coefficient (Wildman–Crippen LogP) is 6.99. The van der Waals surface area contributed by atoms with Crippen molar-refractivity contribution in [2.24, 2.45) is 0 Å². The van der Waals surface area contributed by atoms with E-state index >= 15 is 0 Å². The largest absolute Gasteiger partial charge is 0.300 e. The number of amides is 1. The van der Waals surface area contributed by atoms with Gasteiger partial charge in [-0.15, -0.1) is 10.2 Å². The van der Waals surface area contributed by atoms with Crippen LogP contribution in [-0.2, 0) is 17.0 Å². The van der Waals surface area contributed by atoms with Gasteiger partial charge in [0.1, 0.15) is 0 Å². The number of rotatable bonds is 7. The van der Waals surface area contributed by atoms with E-state index in [1.54, 1.807) is 6.07 Å². The zero-order valence-corrected chi connectivity index (χ0v) is 19.4. The number of nitrogens with zero attached hydrogens (tertiary/aromatic N) is 2. The summed E-state index contributed by atoms with van der Waals surface area (Å²) in [7, 11) is 0. The summed E-state index contributed by atoms with van der Waals surface area (Å²) in [6.07, 6.45) is 0.275. The third-order valence-electron chi connectivity index (χ3n) is 4.44. The molecule has 0 unspecified atom stereocenters. The van der Waals surface area contributed by atoms with Crippen LogP contribution >= 0.6 is 46.3 Å². The van der Waals surface area contributed by atoms with Crippen LogP contribution in [0.2, 0.25) is 10.0 Å². The summed E-state index contributed by atoms with van der Waals surface area (Å²) in [6.45, 7) is 0. The Labute approximate surface area is 198 Å². The maximum absolute atomic E-state index is 12.4. The predicted molar refractivity (Wildman–Crippen MR) is 130 cm³/mol.